The number of hydrogen-bond donors (Lipinski definition) is 2. The molecule has 1 aliphatic heterocycles. The highest BCUT2D eigenvalue weighted by atomic mass is 31.2. The number of H-pyrrole nitrogens is 2. The Morgan fingerprint density at radius 3 is 2.13 bits per heavy atom. The van der Waals surface area contributed by atoms with Gasteiger partial charge in [0.05, 0.1) is 45.5 Å². The van der Waals surface area contributed by atoms with Crippen LogP contribution in [0.15, 0.2) is 107 Å². The number of nitriles is 1. The number of benzene rings is 3. The Balaban J connectivity index is 1.43. The molecule has 0 saturated carbocycles. The second-order valence-corrected chi connectivity index (χ2v) is 15.7. The number of imidazole rings is 1. The van der Waals surface area contributed by atoms with Crippen molar-refractivity contribution in [2.75, 3.05) is 20.8 Å². The van der Waals surface area contributed by atoms with Crippen LogP contribution in [0.4, 0.5) is 0 Å². The lowest BCUT2D eigenvalue weighted by Crippen LogP contribution is -2.39. The van der Waals surface area contributed by atoms with Gasteiger partial charge < -0.3 is 33.0 Å². The van der Waals surface area contributed by atoms with Crippen molar-refractivity contribution in [3.63, 3.8) is 0 Å². The van der Waals surface area contributed by atoms with Gasteiger partial charge in [0.25, 0.3) is 5.56 Å². The molecular weight excluding hydrogens is 721 g/mol. The van der Waals surface area contributed by atoms with Crippen LogP contribution in [0.1, 0.15) is 62.1 Å². The first-order chi connectivity index (χ1) is 26.5. The number of aromatic nitrogens is 4. The van der Waals surface area contributed by atoms with Crippen molar-refractivity contribution >= 4 is 13.9 Å². The van der Waals surface area contributed by atoms with Gasteiger partial charge in [-0.05, 0) is 53.3 Å². The lowest BCUT2D eigenvalue weighted by atomic mass is 9.80. The molecule has 288 valence electrons. The van der Waals surface area contributed by atoms with Gasteiger partial charge in [-0.15, -0.1) is 0 Å². The molecule has 2 N–H and O–H groups in total. The first-order valence-corrected chi connectivity index (χ1v) is 19.1. The van der Waals surface area contributed by atoms with Gasteiger partial charge in [0, 0.05) is 30.6 Å². The number of hydrogen-bond acceptors (Lipinski definition) is 10. The van der Waals surface area contributed by atoms with Crippen LogP contribution in [0, 0.1) is 23.7 Å². The average molecular weight is 768 g/mol. The smallest absolute Gasteiger partial charge is 0.330 e. The summed E-state index contributed by atoms with van der Waals surface area (Å²) in [5.41, 5.74) is 0.701. The molecule has 6 rings (SSSR count). The highest BCUT2D eigenvalue weighted by molar-refractivity contribution is 7.55. The third-order valence-electron chi connectivity index (χ3n) is 9.63. The van der Waals surface area contributed by atoms with Gasteiger partial charge in [0.2, 0.25) is 8.38 Å². The van der Waals surface area contributed by atoms with Crippen molar-refractivity contribution in [3.8, 4) is 17.6 Å². The van der Waals surface area contributed by atoms with E-state index in [9.17, 15) is 14.9 Å². The van der Waals surface area contributed by atoms with Gasteiger partial charge >= 0.3 is 5.69 Å². The van der Waals surface area contributed by atoms with Gasteiger partial charge in [-0.2, -0.15) is 5.26 Å². The number of ether oxygens (including phenoxy) is 4. The van der Waals surface area contributed by atoms with E-state index in [4.69, 9.17) is 28.0 Å². The summed E-state index contributed by atoms with van der Waals surface area (Å²) in [5.74, 6) is 1.38. The summed E-state index contributed by atoms with van der Waals surface area (Å²) in [4.78, 5) is 35.5. The Labute approximate surface area is 321 Å². The lowest BCUT2D eigenvalue weighted by molar-refractivity contribution is -0.0921. The molecule has 5 atom stereocenters. The van der Waals surface area contributed by atoms with Crippen LogP contribution in [0.25, 0.3) is 0 Å². The number of aromatic amines is 2. The van der Waals surface area contributed by atoms with Crippen molar-refractivity contribution in [1.82, 2.24) is 19.5 Å². The van der Waals surface area contributed by atoms with Gasteiger partial charge in [-0.25, -0.2) is 9.78 Å². The summed E-state index contributed by atoms with van der Waals surface area (Å²) in [7, 11) is 1.35. The fourth-order valence-corrected chi connectivity index (χ4v) is 8.20. The minimum atomic E-state index is -1.89. The third kappa shape index (κ3) is 8.75. The second kappa shape index (κ2) is 17.1. The van der Waals surface area contributed by atoms with Crippen LogP contribution in [0.2, 0.25) is 0 Å². The molecule has 1 saturated heterocycles. The fraction of sp³-hybridized carbons (Fsp3) is 0.366. The molecule has 0 spiro atoms. The van der Waals surface area contributed by atoms with Crippen LogP contribution in [0.3, 0.4) is 0 Å². The second-order valence-electron chi connectivity index (χ2n) is 14.3. The fourth-order valence-electron chi connectivity index (χ4n) is 6.52. The highest BCUT2D eigenvalue weighted by Crippen LogP contribution is 2.48. The van der Waals surface area contributed by atoms with Gasteiger partial charge in [0.15, 0.2) is 5.57 Å². The molecule has 0 aliphatic carbocycles. The molecule has 55 heavy (non-hydrogen) atoms. The Morgan fingerprint density at radius 2 is 1.58 bits per heavy atom. The van der Waals surface area contributed by atoms with Crippen molar-refractivity contribution < 1.29 is 28.0 Å². The van der Waals surface area contributed by atoms with E-state index in [1.165, 1.54) is 10.8 Å². The van der Waals surface area contributed by atoms with Gasteiger partial charge in [0.1, 0.15) is 29.4 Å². The van der Waals surface area contributed by atoms with Crippen LogP contribution in [-0.2, 0) is 24.1 Å². The van der Waals surface area contributed by atoms with E-state index in [-0.39, 0.29) is 19.4 Å². The molecule has 3 aromatic carbocycles. The summed E-state index contributed by atoms with van der Waals surface area (Å²) >= 11 is 0. The van der Waals surface area contributed by atoms with Crippen LogP contribution >= 0.6 is 8.38 Å². The Bertz CT molecular complexity index is 2110. The largest absolute Gasteiger partial charge is 0.497 e. The van der Waals surface area contributed by atoms with Gasteiger partial charge in [-0.1, -0.05) is 75.4 Å². The Kier molecular flexibility index (Phi) is 12.3. The standard InChI is InChI=1S/C41H46N5O8P/c1-27-25-46(39(48)45-37(27)47)36-24-33(53-55(38-43-22-23-44-38)54-35(20-21-42)40(2,3)4)34(52-36)26-51-41(28-10-8-7-9-11-28,29-12-16-31(49-5)17-13-29)30-14-18-32(50-6)19-15-30/h7-19,22-23,25,33-36H,20,24,26H2,1-6H3,(H,43,44)(H,45,47,48)/t33-,34+,35?,36+,55?/m0/s1. The molecule has 1 fully saturated rings. The zero-order valence-electron chi connectivity index (χ0n) is 31.7. The summed E-state index contributed by atoms with van der Waals surface area (Å²) in [5, 5.41) is 9.69. The third-order valence-corrected chi connectivity index (χ3v) is 11.1. The summed E-state index contributed by atoms with van der Waals surface area (Å²) < 4.78 is 39.7. The van der Waals surface area contributed by atoms with E-state index in [0.29, 0.717) is 22.6 Å². The highest BCUT2D eigenvalue weighted by Gasteiger charge is 2.45. The molecule has 1 aliphatic rings. The maximum atomic E-state index is 13.2. The number of nitrogens with zero attached hydrogens (tertiary/aromatic N) is 3. The van der Waals surface area contributed by atoms with E-state index in [2.05, 4.69) is 21.0 Å². The van der Waals surface area contributed by atoms with E-state index in [1.807, 2.05) is 99.6 Å². The SMILES string of the molecule is COc1ccc(C(OC[C@H]2O[C@@H](n3cc(C)c(=O)[nH]c3=O)C[C@@H]2OP(OC(CC#N)C(C)(C)C)c2ncc[nH]2)(c2ccccc2)c2ccc(OC)cc2)cc1. The Hall–Kier alpha value is -5.09. The lowest BCUT2D eigenvalue weighted by Gasteiger charge is -2.37. The molecule has 2 unspecified atom stereocenters. The van der Waals surface area contributed by atoms with Crippen LogP contribution in [0.5, 0.6) is 11.5 Å². The molecular formula is C41H46N5O8P. The monoisotopic (exact) mass is 767 g/mol. The summed E-state index contributed by atoms with van der Waals surface area (Å²) in [6.07, 6.45) is 2.39. The zero-order chi connectivity index (χ0) is 39.2. The van der Waals surface area contributed by atoms with Crippen molar-refractivity contribution in [2.24, 2.45) is 5.41 Å². The maximum absolute atomic E-state index is 13.2. The van der Waals surface area contributed by atoms with E-state index < -0.39 is 55.2 Å². The van der Waals surface area contributed by atoms with Crippen LogP contribution < -0.4 is 26.3 Å². The first-order valence-electron chi connectivity index (χ1n) is 17.9. The summed E-state index contributed by atoms with van der Waals surface area (Å²) in [6, 6.07) is 27.6. The number of aryl methyl sites for hydroxylation is 1. The minimum Gasteiger partial charge on any atom is -0.497 e. The molecule has 2 aromatic heterocycles. The predicted molar refractivity (Wildman–Crippen MR) is 207 cm³/mol. The maximum Gasteiger partial charge on any atom is 0.330 e. The normalized spacial score (nSPS) is 18.4. The van der Waals surface area contributed by atoms with E-state index >= 15 is 0 Å². The molecule has 0 bridgehead atoms. The van der Waals surface area contributed by atoms with Gasteiger partial charge in [-0.3, -0.25) is 14.3 Å². The van der Waals surface area contributed by atoms with Crippen LogP contribution in [-0.4, -0.2) is 58.7 Å². The van der Waals surface area contributed by atoms with E-state index in [1.54, 1.807) is 33.5 Å². The molecule has 5 aromatic rings. The zero-order valence-corrected chi connectivity index (χ0v) is 32.6. The van der Waals surface area contributed by atoms with Crippen molar-refractivity contribution in [1.29, 1.82) is 5.26 Å². The molecule has 14 heteroatoms. The number of methoxy groups -OCH3 is 2. The number of nitrogens with one attached hydrogen (secondary N) is 2. The molecule has 0 amide bonds. The molecule has 13 nitrogen and oxygen atoms in total. The van der Waals surface area contributed by atoms with Crippen molar-refractivity contribution in [2.45, 2.75) is 70.7 Å². The minimum absolute atomic E-state index is 0.00652. The topological polar surface area (TPSA) is 163 Å². The Morgan fingerprint density at radius 1 is 0.964 bits per heavy atom. The average Bonchev–Trinajstić information content (AvgIpc) is 3.87. The predicted octanol–water partition coefficient (Wildman–Crippen LogP) is 6.25. The van der Waals surface area contributed by atoms with E-state index in [0.717, 1.165) is 16.7 Å². The molecule has 3 heterocycles. The number of rotatable bonds is 15. The quantitative estimate of drug-likeness (QED) is 0.0920. The summed E-state index contributed by atoms with van der Waals surface area (Å²) in [6.45, 7) is 7.63. The van der Waals surface area contributed by atoms with Crippen molar-refractivity contribution in [3.05, 3.63) is 141 Å². The first kappa shape index (κ1) is 39.6. The molecule has 0 radical (unpaired) electrons.